The number of likely N-dealkylation sites (tertiary alicyclic amines) is 3. The predicted octanol–water partition coefficient (Wildman–Crippen LogP) is 2.44. The van der Waals surface area contributed by atoms with Crippen LogP contribution in [0.3, 0.4) is 0 Å². The van der Waals surface area contributed by atoms with Crippen molar-refractivity contribution in [2.24, 2.45) is 0 Å². The van der Waals surface area contributed by atoms with Gasteiger partial charge in [0.25, 0.3) is 0 Å². The van der Waals surface area contributed by atoms with E-state index in [4.69, 9.17) is 5.10 Å². The summed E-state index contributed by atoms with van der Waals surface area (Å²) in [6.07, 6.45) is -3.46. The second-order valence-corrected chi connectivity index (χ2v) is 16.8. The maximum atomic E-state index is 14.1. The van der Waals surface area contributed by atoms with Gasteiger partial charge in [-0.1, -0.05) is 6.07 Å². The maximum absolute atomic E-state index is 14.1. The van der Waals surface area contributed by atoms with Crippen molar-refractivity contribution in [1.29, 1.82) is 0 Å². The molecule has 11 nitrogen and oxygen atoms in total. The fraction of sp³-hybridized carbons (Fsp3) is 0.688. The fourth-order valence-electron chi connectivity index (χ4n) is 7.46. The van der Waals surface area contributed by atoms with Crippen LogP contribution < -0.4 is 0 Å². The number of β-amino-alcohol motifs (C(OH)–C–C–N with tert-alkyl or cyclic N) is 2. The molecule has 17 heteroatoms. The van der Waals surface area contributed by atoms with Crippen LogP contribution in [0.5, 0.6) is 0 Å². The number of rotatable bonds is 11. The van der Waals surface area contributed by atoms with E-state index in [0.717, 1.165) is 42.6 Å². The lowest BCUT2D eigenvalue weighted by molar-refractivity contribution is -0.139. The van der Waals surface area contributed by atoms with Crippen LogP contribution in [0.1, 0.15) is 42.5 Å². The van der Waals surface area contributed by atoms with Crippen molar-refractivity contribution in [1.82, 2.24) is 28.8 Å². The monoisotopic (exact) mass is 732 g/mol. The molecule has 2 aromatic rings. The molecule has 0 aliphatic carbocycles. The Hall–Kier alpha value is -2.28. The van der Waals surface area contributed by atoms with Crippen molar-refractivity contribution in [3.8, 4) is 11.3 Å². The number of amides is 1. The number of carbonyl (C=O) groups is 1. The summed E-state index contributed by atoms with van der Waals surface area (Å²) in [4.78, 5) is 18.0. The lowest BCUT2D eigenvalue weighted by Gasteiger charge is -2.37. The molecule has 0 spiro atoms. The Labute approximate surface area is 288 Å². The van der Waals surface area contributed by atoms with Crippen LogP contribution in [0.25, 0.3) is 11.3 Å². The number of hydrogen-bond acceptors (Lipinski definition) is 9. The number of carbonyl (C=O) groups excluding carboxylic acids is 1. The van der Waals surface area contributed by atoms with Gasteiger partial charge in [0.05, 0.1) is 42.7 Å². The average molecular weight is 733 g/mol. The number of nitrogens with zero attached hydrogens (tertiary/aromatic N) is 6. The van der Waals surface area contributed by atoms with Crippen molar-refractivity contribution >= 4 is 27.7 Å². The first-order valence-electron chi connectivity index (χ1n) is 16.8. The molecule has 5 heterocycles. The van der Waals surface area contributed by atoms with Gasteiger partial charge in [0, 0.05) is 98.8 Å². The molecule has 0 radical (unpaired) electrons. The zero-order chi connectivity index (χ0) is 35.1. The van der Waals surface area contributed by atoms with Gasteiger partial charge in [0.2, 0.25) is 15.9 Å². The minimum Gasteiger partial charge on any atom is -0.391 e. The van der Waals surface area contributed by atoms with Gasteiger partial charge in [-0.2, -0.15) is 22.6 Å². The first kappa shape index (κ1) is 36.5. The molecule has 3 fully saturated rings. The van der Waals surface area contributed by atoms with Gasteiger partial charge in [0.15, 0.2) is 0 Å². The highest BCUT2D eigenvalue weighted by atomic mass is 32.2. The van der Waals surface area contributed by atoms with E-state index in [9.17, 15) is 41.0 Å². The van der Waals surface area contributed by atoms with E-state index in [2.05, 4.69) is 4.90 Å². The van der Waals surface area contributed by atoms with Gasteiger partial charge in [-0.3, -0.25) is 14.4 Å². The quantitative estimate of drug-likeness (QED) is 0.265. The van der Waals surface area contributed by atoms with Gasteiger partial charge < -0.3 is 20.0 Å². The van der Waals surface area contributed by atoms with E-state index in [1.165, 1.54) is 16.4 Å². The molecule has 0 unspecified atom stereocenters. The Morgan fingerprint density at radius 1 is 1.06 bits per heavy atom. The molecule has 1 aromatic carbocycles. The van der Waals surface area contributed by atoms with E-state index in [-0.39, 0.29) is 49.4 Å². The Morgan fingerprint density at radius 2 is 1.80 bits per heavy atom. The summed E-state index contributed by atoms with van der Waals surface area (Å²) < 4.78 is 83.8. The Bertz CT molecular complexity index is 1620. The third-order valence-electron chi connectivity index (χ3n) is 10.00. The molecule has 49 heavy (non-hydrogen) atoms. The van der Waals surface area contributed by atoms with Crippen molar-refractivity contribution in [3.63, 3.8) is 0 Å². The van der Waals surface area contributed by atoms with Crippen LogP contribution in [-0.4, -0.2) is 142 Å². The second kappa shape index (κ2) is 14.8. The maximum Gasteiger partial charge on any atom is 0.417 e. The fourth-order valence-corrected chi connectivity index (χ4v) is 9.37. The summed E-state index contributed by atoms with van der Waals surface area (Å²) in [5.41, 5.74) is 1.36. The van der Waals surface area contributed by atoms with Crippen molar-refractivity contribution in [3.05, 3.63) is 35.0 Å². The van der Waals surface area contributed by atoms with Crippen LogP contribution in [0.2, 0.25) is 0 Å². The summed E-state index contributed by atoms with van der Waals surface area (Å²) in [5, 5.41) is 25.8. The molecule has 3 atom stereocenters. The van der Waals surface area contributed by atoms with Crippen molar-refractivity contribution in [2.75, 3.05) is 64.4 Å². The minimum absolute atomic E-state index is 0.0138. The van der Waals surface area contributed by atoms with Gasteiger partial charge in [0.1, 0.15) is 6.17 Å². The van der Waals surface area contributed by atoms with Crippen molar-refractivity contribution in [2.45, 2.75) is 80.7 Å². The number of alkyl halides is 4. The van der Waals surface area contributed by atoms with Gasteiger partial charge in [-0.25, -0.2) is 12.8 Å². The third kappa shape index (κ3) is 8.61. The normalized spacial score (nSPS) is 24.2. The van der Waals surface area contributed by atoms with Crippen molar-refractivity contribution < 1.29 is 41.0 Å². The summed E-state index contributed by atoms with van der Waals surface area (Å²) in [5.74, 6) is 0.310. The number of aliphatic hydroxyl groups is 2. The summed E-state index contributed by atoms with van der Waals surface area (Å²) in [7, 11) is -3.56. The molecular formula is C32H44F4N6O5S2. The number of hydrogen-bond donors (Lipinski definition) is 2. The first-order chi connectivity index (χ1) is 23.2. The van der Waals surface area contributed by atoms with Crippen LogP contribution in [-0.2, 0) is 40.5 Å². The summed E-state index contributed by atoms with van der Waals surface area (Å²) in [6, 6.07) is 3.90. The smallest absolute Gasteiger partial charge is 0.391 e. The molecule has 2 N–H and O–H groups in total. The first-order valence-corrected chi connectivity index (χ1v) is 19.6. The molecule has 1 aromatic heterocycles. The summed E-state index contributed by atoms with van der Waals surface area (Å²) in [6.45, 7) is 3.70. The van der Waals surface area contributed by atoms with E-state index >= 15 is 0 Å². The highest BCUT2D eigenvalue weighted by Gasteiger charge is 2.37. The Balaban J connectivity index is 1.20. The third-order valence-corrected chi connectivity index (χ3v) is 12.3. The SMILES string of the molecule is CS(=O)(=O)N1CCc2c(c(-c3ccc(C(F)(F)F)c(SCCN4CC[C@H](F)C4)c3)nn2C[C@@H](O)CN2CCC(N3C[C@@H](O)CC3=O)CC2)C1. The summed E-state index contributed by atoms with van der Waals surface area (Å²) >= 11 is 1.05. The molecule has 3 saturated heterocycles. The van der Waals surface area contributed by atoms with Crippen LogP contribution in [0.4, 0.5) is 17.6 Å². The predicted molar refractivity (Wildman–Crippen MR) is 176 cm³/mol. The molecule has 4 aliphatic heterocycles. The van der Waals surface area contributed by atoms with Gasteiger partial charge in [-0.15, -0.1) is 11.8 Å². The Morgan fingerprint density at radius 3 is 2.43 bits per heavy atom. The molecule has 0 saturated carbocycles. The highest BCUT2D eigenvalue weighted by Crippen LogP contribution is 2.40. The lowest BCUT2D eigenvalue weighted by Crippen LogP contribution is -2.47. The molecule has 0 bridgehead atoms. The zero-order valence-electron chi connectivity index (χ0n) is 27.5. The lowest BCUT2D eigenvalue weighted by atomic mass is 10.0. The number of sulfonamides is 1. The topological polar surface area (TPSA) is 122 Å². The number of aliphatic hydroxyl groups excluding tert-OH is 2. The number of thioether (sulfide) groups is 1. The van der Waals surface area contributed by atoms with E-state index in [1.807, 2.05) is 4.90 Å². The Kier molecular flexibility index (Phi) is 11.0. The largest absolute Gasteiger partial charge is 0.417 e. The van der Waals surface area contributed by atoms with E-state index in [0.29, 0.717) is 74.7 Å². The second-order valence-electron chi connectivity index (χ2n) is 13.6. The number of aromatic nitrogens is 2. The van der Waals surface area contributed by atoms with E-state index in [1.54, 1.807) is 9.58 Å². The number of fused-ring (bicyclic) bond motifs is 1. The van der Waals surface area contributed by atoms with Crippen LogP contribution in [0.15, 0.2) is 23.1 Å². The zero-order valence-corrected chi connectivity index (χ0v) is 29.1. The van der Waals surface area contributed by atoms with Crippen LogP contribution >= 0.6 is 11.8 Å². The van der Waals surface area contributed by atoms with Gasteiger partial charge in [-0.05, 0) is 31.4 Å². The average Bonchev–Trinajstić information content (AvgIpc) is 3.72. The highest BCUT2D eigenvalue weighted by molar-refractivity contribution is 7.99. The van der Waals surface area contributed by atoms with E-state index < -0.39 is 40.1 Å². The molecular weight excluding hydrogens is 689 g/mol. The minimum atomic E-state index is -4.59. The molecule has 1 amide bonds. The molecule has 272 valence electrons. The molecule has 6 rings (SSSR count). The number of benzene rings is 1. The number of piperidine rings is 1. The number of halogens is 4. The molecule has 4 aliphatic rings. The van der Waals surface area contributed by atoms with Gasteiger partial charge >= 0.3 is 6.18 Å². The standard InChI is InChI=1S/C32H44F4N6O5S2/c1-49(46,47)40-11-7-28-26(20-40)31(21-2-3-27(32(34,35)36)29(14-21)48-13-12-39-8-4-22(33)16-39)37-42(28)19-25(44)17-38-9-5-23(6-10-38)41-18-24(43)15-30(41)45/h2-3,14,22-25,43-44H,4-13,15-20H2,1H3/t22-,24-,25-/m0/s1. The van der Waals surface area contributed by atoms with Crippen LogP contribution in [0, 0.1) is 0 Å².